The van der Waals surface area contributed by atoms with E-state index >= 15 is 0 Å². The number of fused-ring (bicyclic) bond motifs is 1. The van der Waals surface area contributed by atoms with E-state index in [-0.39, 0.29) is 0 Å². The number of pyridine rings is 2. The Hall–Kier alpha value is -2.54. The molecule has 0 radical (unpaired) electrons. The predicted octanol–water partition coefficient (Wildman–Crippen LogP) is 3.25. The molecule has 1 aliphatic heterocycles. The predicted molar refractivity (Wildman–Crippen MR) is 109 cm³/mol. The fraction of sp³-hybridized carbons (Fsp3) is 0.286. The Morgan fingerprint density at radius 1 is 1.14 bits per heavy atom. The summed E-state index contributed by atoms with van der Waals surface area (Å²) in [6, 6.07) is 8.86. The molecule has 0 aliphatic carbocycles. The molecule has 4 rings (SSSR count). The number of ether oxygens (including phenoxy) is 1. The second-order valence-electron chi connectivity index (χ2n) is 6.95. The number of nitrogens with zero attached hydrogens (tertiary/aromatic N) is 4. The Bertz CT molecular complexity index is 988. The van der Waals surface area contributed by atoms with Gasteiger partial charge in [-0.3, -0.25) is 14.9 Å². The molecule has 1 aromatic carbocycles. The van der Waals surface area contributed by atoms with Crippen LogP contribution in [-0.4, -0.2) is 59.0 Å². The van der Waals surface area contributed by atoms with Gasteiger partial charge in [0, 0.05) is 62.3 Å². The van der Waals surface area contributed by atoms with Crippen LogP contribution in [0.2, 0.25) is 5.02 Å². The molecular formula is C21H21ClN4O2. The van der Waals surface area contributed by atoms with Crippen LogP contribution >= 0.6 is 11.6 Å². The van der Waals surface area contributed by atoms with Crippen molar-refractivity contribution in [1.29, 1.82) is 0 Å². The van der Waals surface area contributed by atoms with Crippen molar-refractivity contribution in [3.8, 4) is 5.75 Å². The first-order valence-electron chi connectivity index (χ1n) is 9.21. The molecule has 0 unspecified atom stereocenters. The third-order valence-corrected chi connectivity index (χ3v) is 5.29. The smallest absolute Gasteiger partial charge is 0.343 e. The van der Waals surface area contributed by atoms with Gasteiger partial charge >= 0.3 is 5.97 Å². The van der Waals surface area contributed by atoms with Gasteiger partial charge in [-0.1, -0.05) is 11.6 Å². The standard InChI is InChI=1S/C21H21ClN4O2/c1-25-9-11-26(12-10-25)14-16-13-18(22)17-3-2-6-24-19(17)20(16)28-21(27)15-4-7-23-8-5-15/h2-8,13H,9-12,14H2,1H3. The van der Waals surface area contributed by atoms with Crippen LogP contribution in [0.5, 0.6) is 5.75 Å². The Labute approximate surface area is 168 Å². The third kappa shape index (κ3) is 3.99. The van der Waals surface area contributed by atoms with Crippen molar-refractivity contribution in [1.82, 2.24) is 19.8 Å². The lowest BCUT2D eigenvalue weighted by molar-refractivity contribution is 0.0732. The van der Waals surface area contributed by atoms with Crippen LogP contribution in [-0.2, 0) is 6.54 Å². The highest BCUT2D eigenvalue weighted by molar-refractivity contribution is 6.35. The van der Waals surface area contributed by atoms with Gasteiger partial charge in [0.05, 0.1) is 10.6 Å². The third-order valence-electron chi connectivity index (χ3n) is 4.97. The van der Waals surface area contributed by atoms with Gasteiger partial charge in [0.15, 0.2) is 5.75 Å². The number of hydrogen-bond acceptors (Lipinski definition) is 6. The summed E-state index contributed by atoms with van der Waals surface area (Å²) in [5, 5.41) is 1.37. The summed E-state index contributed by atoms with van der Waals surface area (Å²) in [5.41, 5.74) is 1.91. The number of aromatic nitrogens is 2. The molecule has 0 bridgehead atoms. The van der Waals surface area contributed by atoms with Crippen LogP contribution in [0.25, 0.3) is 10.9 Å². The number of rotatable bonds is 4. The topological polar surface area (TPSA) is 58.6 Å². The van der Waals surface area contributed by atoms with Crippen molar-refractivity contribution in [2.75, 3.05) is 33.2 Å². The lowest BCUT2D eigenvalue weighted by Gasteiger charge is -2.32. The zero-order chi connectivity index (χ0) is 19.5. The molecule has 3 heterocycles. The number of carbonyl (C=O) groups is 1. The summed E-state index contributed by atoms with van der Waals surface area (Å²) in [5.74, 6) is 0.0389. The lowest BCUT2D eigenvalue weighted by atomic mass is 10.1. The number of hydrogen-bond donors (Lipinski definition) is 0. The zero-order valence-corrected chi connectivity index (χ0v) is 16.4. The highest BCUT2D eigenvalue weighted by atomic mass is 35.5. The van der Waals surface area contributed by atoms with Gasteiger partial charge in [-0.25, -0.2) is 4.79 Å². The maximum Gasteiger partial charge on any atom is 0.343 e. The molecule has 1 fully saturated rings. The molecule has 2 aromatic heterocycles. The second-order valence-corrected chi connectivity index (χ2v) is 7.36. The van der Waals surface area contributed by atoms with Crippen molar-refractivity contribution in [2.24, 2.45) is 0 Å². The van der Waals surface area contributed by atoms with E-state index in [9.17, 15) is 4.79 Å². The molecule has 3 aromatic rings. The molecule has 144 valence electrons. The first-order chi connectivity index (χ1) is 13.6. The van der Waals surface area contributed by atoms with Crippen LogP contribution < -0.4 is 4.74 Å². The Balaban J connectivity index is 1.71. The van der Waals surface area contributed by atoms with Crippen LogP contribution in [0.15, 0.2) is 48.9 Å². The van der Waals surface area contributed by atoms with Crippen LogP contribution in [0.4, 0.5) is 0 Å². The van der Waals surface area contributed by atoms with Crippen molar-refractivity contribution < 1.29 is 9.53 Å². The van der Waals surface area contributed by atoms with E-state index in [1.54, 1.807) is 30.7 Å². The summed E-state index contributed by atoms with van der Waals surface area (Å²) < 4.78 is 5.84. The zero-order valence-electron chi connectivity index (χ0n) is 15.6. The summed E-state index contributed by atoms with van der Waals surface area (Å²) >= 11 is 6.51. The molecule has 1 aliphatic rings. The minimum absolute atomic E-state index is 0.434. The summed E-state index contributed by atoms with van der Waals surface area (Å²) in [6.07, 6.45) is 4.82. The van der Waals surface area contributed by atoms with Crippen LogP contribution in [0, 0.1) is 0 Å². The summed E-state index contributed by atoms with van der Waals surface area (Å²) in [6.45, 7) is 4.56. The maximum absolute atomic E-state index is 12.7. The molecule has 0 atom stereocenters. The van der Waals surface area contributed by atoms with E-state index in [0.29, 0.717) is 28.4 Å². The van der Waals surface area contributed by atoms with Crippen LogP contribution in [0.3, 0.4) is 0 Å². The Morgan fingerprint density at radius 3 is 2.64 bits per heavy atom. The molecule has 1 saturated heterocycles. The Kier molecular flexibility index (Phi) is 5.52. The molecule has 0 N–H and O–H groups in total. The average Bonchev–Trinajstić information content (AvgIpc) is 2.73. The molecule has 0 saturated carbocycles. The molecule has 6 nitrogen and oxygen atoms in total. The molecular weight excluding hydrogens is 376 g/mol. The fourth-order valence-electron chi connectivity index (χ4n) is 3.35. The van der Waals surface area contributed by atoms with E-state index < -0.39 is 5.97 Å². The van der Waals surface area contributed by atoms with Gasteiger partial charge in [-0.15, -0.1) is 0 Å². The average molecular weight is 397 g/mol. The van der Waals surface area contributed by atoms with E-state index in [2.05, 4.69) is 26.8 Å². The van der Waals surface area contributed by atoms with Crippen molar-refractivity contribution in [3.05, 3.63) is 65.1 Å². The lowest BCUT2D eigenvalue weighted by Crippen LogP contribution is -2.43. The number of esters is 1. The SMILES string of the molecule is CN1CCN(Cc2cc(Cl)c3cccnc3c2OC(=O)c2ccncc2)CC1. The highest BCUT2D eigenvalue weighted by Crippen LogP contribution is 2.35. The van der Waals surface area contributed by atoms with Gasteiger partial charge in [0.2, 0.25) is 0 Å². The minimum atomic E-state index is -0.434. The van der Waals surface area contributed by atoms with Gasteiger partial charge in [-0.05, 0) is 37.4 Å². The van der Waals surface area contributed by atoms with Gasteiger partial charge < -0.3 is 9.64 Å². The Morgan fingerprint density at radius 2 is 1.89 bits per heavy atom. The highest BCUT2D eigenvalue weighted by Gasteiger charge is 2.21. The second kappa shape index (κ2) is 8.22. The molecule has 7 heteroatoms. The normalized spacial score (nSPS) is 15.6. The molecule has 28 heavy (non-hydrogen) atoms. The van der Waals surface area contributed by atoms with Gasteiger partial charge in [0.25, 0.3) is 0 Å². The van der Waals surface area contributed by atoms with Crippen molar-refractivity contribution in [2.45, 2.75) is 6.54 Å². The minimum Gasteiger partial charge on any atom is -0.420 e. The van der Waals surface area contributed by atoms with E-state index in [1.807, 2.05) is 18.2 Å². The number of carbonyl (C=O) groups excluding carboxylic acids is 1. The van der Waals surface area contributed by atoms with Crippen molar-refractivity contribution >= 4 is 28.5 Å². The first-order valence-corrected chi connectivity index (χ1v) is 9.59. The number of benzene rings is 1. The number of halogens is 1. The maximum atomic E-state index is 12.7. The summed E-state index contributed by atoms with van der Waals surface area (Å²) in [4.78, 5) is 25.7. The first kappa shape index (κ1) is 18.8. The molecule has 0 amide bonds. The van der Waals surface area contributed by atoms with Crippen molar-refractivity contribution in [3.63, 3.8) is 0 Å². The monoisotopic (exact) mass is 396 g/mol. The summed E-state index contributed by atoms with van der Waals surface area (Å²) in [7, 11) is 2.12. The van der Waals surface area contributed by atoms with E-state index in [0.717, 1.165) is 37.1 Å². The van der Waals surface area contributed by atoms with E-state index in [4.69, 9.17) is 16.3 Å². The quantitative estimate of drug-likeness (QED) is 0.498. The fourth-order valence-corrected chi connectivity index (χ4v) is 3.63. The molecule has 0 spiro atoms. The number of likely N-dealkylation sites (N-methyl/N-ethyl adjacent to an activating group) is 1. The largest absolute Gasteiger partial charge is 0.420 e. The van der Waals surface area contributed by atoms with Crippen LogP contribution in [0.1, 0.15) is 15.9 Å². The van der Waals surface area contributed by atoms with Gasteiger partial charge in [0.1, 0.15) is 5.52 Å². The number of piperazine rings is 1. The van der Waals surface area contributed by atoms with E-state index in [1.165, 1.54) is 0 Å². The van der Waals surface area contributed by atoms with Gasteiger partial charge in [-0.2, -0.15) is 0 Å².